The average molecular weight is 624 g/mol. The monoisotopic (exact) mass is 623 g/mol. The number of carbonyl (C=O) groups excluding carboxylic acids is 3. The van der Waals surface area contributed by atoms with Gasteiger partial charge in [-0.15, -0.1) is 0 Å². The number of amides is 3. The number of rotatable bonds is 4. The summed E-state index contributed by atoms with van der Waals surface area (Å²) in [5.74, 6) is -0.357. The number of para-hydroxylation sites is 2. The number of alkyl carbamates (subject to hydrolysis) is 1. The van der Waals surface area contributed by atoms with E-state index in [4.69, 9.17) is 14.2 Å². The van der Waals surface area contributed by atoms with Crippen LogP contribution in [0.5, 0.6) is 0 Å². The SMILES string of the molecule is COC1C(N(C)C(=O)CNC(=O)OC(C)(C)C)C[C@@H]2O[C@@]1(C)n1c3ccccc3c3c4c(c5c6ccccc6n2c5c31)C(=O)NC4. The van der Waals surface area contributed by atoms with Crippen molar-refractivity contribution in [3.63, 3.8) is 0 Å². The molecule has 5 heterocycles. The molecule has 46 heavy (non-hydrogen) atoms. The summed E-state index contributed by atoms with van der Waals surface area (Å²) in [6, 6.07) is 15.9. The Kier molecular flexibility index (Phi) is 6.08. The average Bonchev–Trinajstić information content (AvgIpc) is 3.66. The van der Waals surface area contributed by atoms with Gasteiger partial charge in [-0.1, -0.05) is 36.4 Å². The Bertz CT molecular complexity index is 2140. The third-order valence-electron chi connectivity index (χ3n) is 9.87. The smallest absolute Gasteiger partial charge is 0.408 e. The molecule has 238 valence electrons. The van der Waals surface area contributed by atoms with Gasteiger partial charge in [-0.2, -0.15) is 0 Å². The van der Waals surface area contributed by atoms with Gasteiger partial charge < -0.3 is 38.9 Å². The third-order valence-corrected chi connectivity index (χ3v) is 9.87. The van der Waals surface area contributed by atoms with Gasteiger partial charge in [0.05, 0.1) is 33.7 Å². The van der Waals surface area contributed by atoms with Crippen molar-refractivity contribution >= 4 is 61.5 Å². The molecule has 3 aromatic carbocycles. The lowest BCUT2D eigenvalue weighted by molar-refractivity contribution is -0.266. The Morgan fingerprint density at radius 3 is 2.43 bits per heavy atom. The van der Waals surface area contributed by atoms with Crippen LogP contribution < -0.4 is 10.6 Å². The van der Waals surface area contributed by atoms with Crippen LogP contribution in [0.4, 0.5) is 4.79 Å². The lowest BCUT2D eigenvalue weighted by Crippen LogP contribution is -2.62. The molecule has 3 aliphatic rings. The van der Waals surface area contributed by atoms with Gasteiger partial charge in [-0.25, -0.2) is 4.79 Å². The van der Waals surface area contributed by atoms with E-state index < -0.39 is 35.8 Å². The Hall–Kier alpha value is -4.61. The number of ether oxygens (including phenoxy) is 3. The second-order valence-electron chi connectivity index (χ2n) is 13.7. The Labute approximate surface area is 265 Å². The summed E-state index contributed by atoms with van der Waals surface area (Å²) >= 11 is 0. The molecule has 0 aliphatic carbocycles. The second kappa shape index (κ2) is 9.70. The van der Waals surface area contributed by atoms with Crippen molar-refractivity contribution in [1.29, 1.82) is 0 Å². The molecule has 0 radical (unpaired) electrons. The minimum atomic E-state index is -1.06. The van der Waals surface area contributed by atoms with E-state index in [9.17, 15) is 14.4 Å². The fraction of sp³-hybridized carbons (Fsp3) is 0.400. The maximum Gasteiger partial charge on any atom is 0.408 e. The molecule has 2 unspecified atom stereocenters. The number of likely N-dealkylation sites (N-methyl/N-ethyl adjacent to an activating group) is 1. The predicted molar refractivity (Wildman–Crippen MR) is 174 cm³/mol. The van der Waals surface area contributed by atoms with Crippen molar-refractivity contribution < 1.29 is 28.6 Å². The number of methoxy groups -OCH3 is 1. The van der Waals surface area contributed by atoms with E-state index in [0.717, 1.165) is 49.2 Å². The minimum Gasteiger partial charge on any atom is -0.444 e. The van der Waals surface area contributed by atoms with E-state index in [2.05, 4.69) is 44.0 Å². The molecular formula is C35H37N5O6. The largest absolute Gasteiger partial charge is 0.444 e. The summed E-state index contributed by atoms with van der Waals surface area (Å²) in [6.07, 6.45) is -1.32. The van der Waals surface area contributed by atoms with Crippen LogP contribution in [0, 0.1) is 0 Å². The van der Waals surface area contributed by atoms with E-state index in [1.54, 1.807) is 39.8 Å². The summed E-state index contributed by atoms with van der Waals surface area (Å²) in [6.45, 7) is 7.56. The maximum absolute atomic E-state index is 13.7. The predicted octanol–water partition coefficient (Wildman–Crippen LogP) is 5.12. The summed E-state index contributed by atoms with van der Waals surface area (Å²) in [5.41, 5.74) is 3.77. The van der Waals surface area contributed by atoms with Gasteiger partial charge in [0.2, 0.25) is 5.91 Å². The quantitative estimate of drug-likeness (QED) is 0.287. The van der Waals surface area contributed by atoms with Crippen molar-refractivity contribution in [2.24, 2.45) is 0 Å². The lowest BCUT2D eigenvalue weighted by Gasteiger charge is -2.50. The first kappa shape index (κ1) is 28.8. The van der Waals surface area contributed by atoms with Gasteiger partial charge in [-0.3, -0.25) is 9.59 Å². The first-order valence-corrected chi connectivity index (χ1v) is 15.7. The summed E-state index contributed by atoms with van der Waals surface area (Å²) < 4.78 is 23.3. The van der Waals surface area contributed by atoms with Crippen LogP contribution in [0.15, 0.2) is 48.5 Å². The normalized spacial score (nSPS) is 23.6. The number of carbonyl (C=O) groups is 3. The molecule has 1 fully saturated rings. The molecule has 8 rings (SSSR count). The van der Waals surface area contributed by atoms with E-state index in [1.807, 2.05) is 31.2 Å². The number of aromatic nitrogens is 2. The molecule has 11 heteroatoms. The van der Waals surface area contributed by atoms with Gasteiger partial charge in [0.15, 0.2) is 5.72 Å². The number of nitrogens with zero attached hydrogens (tertiary/aromatic N) is 3. The molecule has 3 aliphatic heterocycles. The third kappa shape index (κ3) is 3.81. The zero-order valence-corrected chi connectivity index (χ0v) is 26.8. The molecule has 0 saturated carbocycles. The number of benzene rings is 3. The van der Waals surface area contributed by atoms with Crippen molar-refractivity contribution in [3.8, 4) is 0 Å². The molecule has 1 saturated heterocycles. The molecule has 11 nitrogen and oxygen atoms in total. The van der Waals surface area contributed by atoms with Crippen LogP contribution in [-0.2, 0) is 31.3 Å². The van der Waals surface area contributed by atoms with Crippen LogP contribution in [0.2, 0.25) is 0 Å². The highest BCUT2D eigenvalue weighted by Crippen LogP contribution is 2.54. The van der Waals surface area contributed by atoms with Gasteiger partial charge in [0, 0.05) is 48.7 Å². The Morgan fingerprint density at radius 1 is 1.07 bits per heavy atom. The second-order valence-corrected chi connectivity index (χ2v) is 13.7. The molecule has 2 N–H and O–H groups in total. The van der Waals surface area contributed by atoms with Crippen LogP contribution in [0.3, 0.4) is 0 Å². The molecule has 2 aromatic heterocycles. The zero-order chi connectivity index (χ0) is 32.3. The van der Waals surface area contributed by atoms with E-state index >= 15 is 0 Å². The fourth-order valence-corrected chi connectivity index (χ4v) is 8.16. The summed E-state index contributed by atoms with van der Waals surface area (Å²) in [5, 5.41) is 9.65. The number of nitrogens with one attached hydrogen (secondary N) is 2. The van der Waals surface area contributed by atoms with E-state index in [-0.39, 0.29) is 18.4 Å². The first-order chi connectivity index (χ1) is 21.9. The van der Waals surface area contributed by atoms with Crippen molar-refractivity contribution in [3.05, 3.63) is 59.7 Å². The van der Waals surface area contributed by atoms with Crippen LogP contribution >= 0.6 is 0 Å². The first-order valence-electron chi connectivity index (χ1n) is 15.7. The minimum absolute atomic E-state index is 0.0774. The molecule has 3 amide bonds. The van der Waals surface area contributed by atoms with Crippen LogP contribution in [0.25, 0.3) is 43.6 Å². The van der Waals surface area contributed by atoms with Crippen molar-refractivity contribution in [1.82, 2.24) is 24.7 Å². The van der Waals surface area contributed by atoms with Crippen LogP contribution in [-0.4, -0.2) is 70.4 Å². The van der Waals surface area contributed by atoms with Gasteiger partial charge in [0.1, 0.15) is 24.5 Å². The standard InChI is InChI=1S/C35H37N5O6/c1-34(2,3)46-33(43)37-17-24(41)38(5)23-15-25-39-21-13-9-7-11-18(21)27-28-20(16-36-32(28)42)26-19-12-8-10-14-22(19)40(30(26)29(27)39)35(4,45-25)31(23)44-6/h7-14,23,25,31H,15-17H2,1-6H3,(H,36,42)(H,37,43)/t23?,25-,31?,35+/m0/s1. The Morgan fingerprint density at radius 2 is 1.74 bits per heavy atom. The highest BCUT2D eigenvalue weighted by atomic mass is 16.6. The molecular weight excluding hydrogens is 586 g/mol. The number of fused-ring (bicyclic) bond motifs is 13. The molecule has 5 aromatic rings. The maximum atomic E-state index is 13.7. The topological polar surface area (TPSA) is 116 Å². The number of hydrogen-bond donors (Lipinski definition) is 2. The van der Waals surface area contributed by atoms with Crippen molar-refractivity contribution in [2.45, 2.75) is 70.4 Å². The highest BCUT2D eigenvalue weighted by Gasteiger charge is 2.55. The van der Waals surface area contributed by atoms with E-state index in [0.29, 0.717) is 18.5 Å². The fourth-order valence-electron chi connectivity index (χ4n) is 8.16. The van der Waals surface area contributed by atoms with Gasteiger partial charge >= 0.3 is 6.09 Å². The number of hydrogen-bond acceptors (Lipinski definition) is 6. The zero-order valence-electron chi connectivity index (χ0n) is 26.8. The lowest BCUT2D eigenvalue weighted by atomic mass is 9.91. The van der Waals surface area contributed by atoms with Gasteiger partial charge in [-0.05, 0) is 45.4 Å². The summed E-state index contributed by atoms with van der Waals surface area (Å²) in [4.78, 5) is 41.3. The Balaban J connectivity index is 1.36. The molecule has 4 atom stereocenters. The highest BCUT2D eigenvalue weighted by molar-refractivity contribution is 6.31. The molecule has 2 bridgehead atoms. The van der Waals surface area contributed by atoms with Gasteiger partial charge in [0.25, 0.3) is 5.91 Å². The van der Waals surface area contributed by atoms with Crippen LogP contribution in [0.1, 0.15) is 56.3 Å². The van der Waals surface area contributed by atoms with Crippen molar-refractivity contribution in [2.75, 3.05) is 20.7 Å². The van der Waals surface area contributed by atoms with E-state index in [1.165, 1.54) is 0 Å². The summed E-state index contributed by atoms with van der Waals surface area (Å²) in [7, 11) is 3.39. The molecule has 0 spiro atoms.